The second kappa shape index (κ2) is 5.32. The Morgan fingerprint density at radius 1 is 1.30 bits per heavy atom. The number of carbonyl (C=O) groups excluding carboxylic acids is 1. The quantitative estimate of drug-likeness (QED) is 0.798. The molecular weight excluding hydrogens is 323 g/mol. The van der Waals surface area contributed by atoms with Gasteiger partial charge in [0, 0.05) is 29.1 Å². The standard InChI is InChI=1S/C15H12BrFN2O/c16-12-6-11(8-18-9-12)15(20)19-5-1-2-10-7-13(17)3-4-14(10)19/h3-4,6-9H,1-2,5H2. The van der Waals surface area contributed by atoms with Crippen LogP contribution in [-0.4, -0.2) is 17.4 Å². The van der Waals surface area contributed by atoms with Crippen LogP contribution < -0.4 is 4.90 Å². The Kier molecular flexibility index (Phi) is 3.53. The molecule has 0 bridgehead atoms. The zero-order valence-electron chi connectivity index (χ0n) is 10.6. The van der Waals surface area contributed by atoms with Crippen LogP contribution >= 0.6 is 15.9 Å². The number of fused-ring (bicyclic) bond motifs is 1. The van der Waals surface area contributed by atoms with Crippen LogP contribution in [0.1, 0.15) is 22.3 Å². The zero-order chi connectivity index (χ0) is 14.1. The lowest BCUT2D eigenvalue weighted by molar-refractivity contribution is 0.0984. The first-order valence-electron chi connectivity index (χ1n) is 6.36. The Bertz CT molecular complexity index is 675. The molecule has 0 unspecified atom stereocenters. The highest BCUT2D eigenvalue weighted by molar-refractivity contribution is 9.10. The second-order valence-electron chi connectivity index (χ2n) is 4.73. The summed E-state index contributed by atoms with van der Waals surface area (Å²) in [5.41, 5.74) is 2.20. The Morgan fingerprint density at radius 3 is 2.95 bits per heavy atom. The van der Waals surface area contributed by atoms with Gasteiger partial charge in [0.05, 0.1) is 5.56 Å². The summed E-state index contributed by atoms with van der Waals surface area (Å²) in [4.78, 5) is 18.3. The largest absolute Gasteiger partial charge is 0.308 e. The number of aromatic nitrogens is 1. The predicted octanol–water partition coefficient (Wildman–Crippen LogP) is 3.58. The summed E-state index contributed by atoms with van der Waals surface area (Å²) in [5, 5.41) is 0. The van der Waals surface area contributed by atoms with E-state index >= 15 is 0 Å². The molecule has 3 nitrogen and oxygen atoms in total. The summed E-state index contributed by atoms with van der Waals surface area (Å²) in [7, 11) is 0. The number of anilines is 1. The number of pyridine rings is 1. The molecular formula is C15H12BrFN2O. The molecule has 0 fully saturated rings. The molecule has 3 rings (SSSR count). The topological polar surface area (TPSA) is 33.2 Å². The van der Waals surface area contributed by atoms with Gasteiger partial charge in [-0.3, -0.25) is 9.78 Å². The van der Waals surface area contributed by atoms with Crippen molar-refractivity contribution >= 4 is 27.5 Å². The predicted molar refractivity (Wildman–Crippen MR) is 78.3 cm³/mol. The van der Waals surface area contributed by atoms with Crippen molar-refractivity contribution in [1.82, 2.24) is 4.98 Å². The van der Waals surface area contributed by atoms with Crippen LogP contribution in [0, 0.1) is 5.82 Å². The van der Waals surface area contributed by atoms with E-state index in [2.05, 4.69) is 20.9 Å². The van der Waals surface area contributed by atoms with Gasteiger partial charge < -0.3 is 4.90 Å². The summed E-state index contributed by atoms with van der Waals surface area (Å²) in [6.07, 6.45) is 4.82. The van der Waals surface area contributed by atoms with Gasteiger partial charge in [-0.2, -0.15) is 0 Å². The maximum absolute atomic E-state index is 13.3. The normalized spacial score (nSPS) is 14.0. The molecule has 5 heteroatoms. The SMILES string of the molecule is O=C(c1cncc(Br)c1)N1CCCc2cc(F)ccc21. The average Bonchev–Trinajstić information content (AvgIpc) is 2.45. The third kappa shape index (κ3) is 2.45. The lowest BCUT2D eigenvalue weighted by atomic mass is 10.0. The molecule has 0 radical (unpaired) electrons. The highest BCUT2D eigenvalue weighted by Crippen LogP contribution is 2.29. The molecule has 1 aromatic carbocycles. The Labute approximate surface area is 124 Å². The molecule has 102 valence electrons. The monoisotopic (exact) mass is 334 g/mol. The van der Waals surface area contributed by atoms with E-state index in [4.69, 9.17) is 0 Å². The van der Waals surface area contributed by atoms with Gasteiger partial charge in [-0.15, -0.1) is 0 Å². The van der Waals surface area contributed by atoms with Crippen molar-refractivity contribution in [2.24, 2.45) is 0 Å². The highest BCUT2D eigenvalue weighted by atomic mass is 79.9. The lowest BCUT2D eigenvalue weighted by Crippen LogP contribution is -2.35. The van der Waals surface area contributed by atoms with Crippen LogP contribution in [0.4, 0.5) is 10.1 Å². The number of aryl methyl sites for hydroxylation is 1. The number of benzene rings is 1. The van der Waals surface area contributed by atoms with Gasteiger partial charge in [0.2, 0.25) is 0 Å². The number of amides is 1. The average molecular weight is 335 g/mol. The molecule has 0 N–H and O–H groups in total. The zero-order valence-corrected chi connectivity index (χ0v) is 12.2. The number of rotatable bonds is 1. The third-order valence-electron chi connectivity index (χ3n) is 3.36. The number of halogens is 2. The Morgan fingerprint density at radius 2 is 2.15 bits per heavy atom. The van der Waals surface area contributed by atoms with E-state index < -0.39 is 0 Å². The van der Waals surface area contributed by atoms with Crippen molar-refractivity contribution in [3.05, 3.63) is 58.1 Å². The summed E-state index contributed by atoms with van der Waals surface area (Å²) in [6.45, 7) is 0.643. The van der Waals surface area contributed by atoms with Crippen LogP contribution in [0.25, 0.3) is 0 Å². The third-order valence-corrected chi connectivity index (χ3v) is 3.79. The van der Waals surface area contributed by atoms with Gasteiger partial charge in [-0.05, 0) is 58.6 Å². The van der Waals surface area contributed by atoms with Crippen LogP contribution in [0.5, 0.6) is 0 Å². The van der Waals surface area contributed by atoms with E-state index in [9.17, 15) is 9.18 Å². The van der Waals surface area contributed by atoms with Gasteiger partial charge >= 0.3 is 0 Å². The van der Waals surface area contributed by atoms with E-state index in [1.807, 2.05) is 0 Å². The molecule has 0 saturated carbocycles. The van der Waals surface area contributed by atoms with Crippen molar-refractivity contribution in [2.45, 2.75) is 12.8 Å². The summed E-state index contributed by atoms with van der Waals surface area (Å²) < 4.78 is 14.0. The van der Waals surface area contributed by atoms with Crippen LogP contribution in [-0.2, 0) is 6.42 Å². The first-order chi connectivity index (χ1) is 9.65. The minimum absolute atomic E-state index is 0.105. The van der Waals surface area contributed by atoms with Crippen LogP contribution in [0.2, 0.25) is 0 Å². The van der Waals surface area contributed by atoms with E-state index in [0.29, 0.717) is 12.1 Å². The Balaban J connectivity index is 1.98. The minimum Gasteiger partial charge on any atom is -0.308 e. The van der Waals surface area contributed by atoms with Crippen molar-refractivity contribution in [2.75, 3.05) is 11.4 Å². The molecule has 0 aliphatic carbocycles. The number of carbonyl (C=O) groups is 1. The Hall–Kier alpha value is -1.75. The van der Waals surface area contributed by atoms with E-state index in [-0.39, 0.29) is 11.7 Å². The molecule has 0 atom stereocenters. The van der Waals surface area contributed by atoms with Crippen molar-refractivity contribution in [1.29, 1.82) is 0 Å². The van der Waals surface area contributed by atoms with E-state index in [1.54, 1.807) is 29.4 Å². The van der Waals surface area contributed by atoms with E-state index in [0.717, 1.165) is 28.6 Å². The van der Waals surface area contributed by atoms with Crippen molar-refractivity contribution in [3.63, 3.8) is 0 Å². The number of hydrogen-bond acceptors (Lipinski definition) is 2. The van der Waals surface area contributed by atoms with Gasteiger partial charge in [-0.1, -0.05) is 0 Å². The molecule has 0 saturated heterocycles. The fourth-order valence-electron chi connectivity index (χ4n) is 2.46. The maximum atomic E-state index is 13.3. The fraction of sp³-hybridized carbons (Fsp3) is 0.200. The molecule has 1 aliphatic heterocycles. The molecule has 1 amide bonds. The highest BCUT2D eigenvalue weighted by Gasteiger charge is 2.24. The second-order valence-corrected chi connectivity index (χ2v) is 5.64. The molecule has 2 heterocycles. The summed E-state index contributed by atoms with van der Waals surface area (Å²) >= 11 is 3.31. The van der Waals surface area contributed by atoms with E-state index in [1.165, 1.54) is 12.1 Å². The lowest BCUT2D eigenvalue weighted by Gasteiger charge is -2.29. The van der Waals surface area contributed by atoms with Crippen LogP contribution in [0.15, 0.2) is 41.1 Å². The molecule has 1 aliphatic rings. The first kappa shape index (κ1) is 13.2. The van der Waals surface area contributed by atoms with Gasteiger partial charge in [-0.25, -0.2) is 4.39 Å². The van der Waals surface area contributed by atoms with Crippen molar-refractivity contribution < 1.29 is 9.18 Å². The summed E-state index contributed by atoms with van der Waals surface area (Å²) in [5.74, 6) is -0.367. The molecule has 1 aromatic heterocycles. The summed E-state index contributed by atoms with van der Waals surface area (Å²) in [6, 6.07) is 6.32. The molecule has 0 spiro atoms. The first-order valence-corrected chi connectivity index (χ1v) is 7.15. The van der Waals surface area contributed by atoms with Crippen LogP contribution in [0.3, 0.4) is 0 Å². The van der Waals surface area contributed by atoms with Gasteiger partial charge in [0.1, 0.15) is 5.82 Å². The molecule has 20 heavy (non-hydrogen) atoms. The molecule has 2 aromatic rings. The fourth-order valence-corrected chi connectivity index (χ4v) is 2.83. The number of nitrogens with zero attached hydrogens (tertiary/aromatic N) is 2. The van der Waals surface area contributed by atoms with Gasteiger partial charge in [0.15, 0.2) is 0 Å². The maximum Gasteiger partial charge on any atom is 0.259 e. The minimum atomic E-state index is -0.262. The smallest absolute Gasteiger partial charge is 0.259 e. The number of hydrogen-bond donors (Lipinski definition) is 0. The van der Waals surface area contributed by atoms with Crippen molar-refractivity contribution in [3.8, 4) is 0 Å². The van der Waals surface area contributed by atoms with Gasteiger partial charge in [0.25, 0.3) is 5.91 Å².